The van der Waals surface area contributed by atoms with Crippen LogP contribution < -0.4 is 0 Å². The Labute approximate surface area is 165 Å². The van der Waals surface area contributed by atoms with Crippen molar-refractivity contribution in [3.8, 4) is 0 Å². The molecule has 7 unspecified atom stereocenters. The fraction of sp³-hybridized carbons (Fsp3) is 0.720. The fourth-order valence-corrected chi connectivity index (χ4v) is 7.83. The molecule has 2 heteroatoms. The van der Waals surface area contributed by atoms with E-state index >= 15 is 0 Å². The number of aromatic nitrogens is 1. The lowest BCUT2D eigenvalue weighted by Crippen LogP contribution is -2.49. The van der Waals surface area contributed by atoms with Crippen LogP contribution in [0.15, 0.2) is 30.6 Å². The van der Waals surface area contributed by atoms with E-state index in [9.17, 15) is 0 Å². The molecule has 0 N–H and O–H groups in total. The van der Waals surface area contributed by atoms with Crippen LogP contribution in [-0.2, 0) is 0 Å². The SMILES string of the molecule is CN(C)C1CCC2C(CCC3C2CCC2(C)C(c4cccnc4)=CCC32)C1. The van der Waals surface area contributed by atoms with E-state index in [-0.39, 0.29) is 0 Å². The lowest BCUT2D eigenvalue weighted by Gasteiger charge is -2.56. The van der Waals surface area contributed by atoms with Gasteiger partial charge in [0.05, 0.1) is 0 Å². The molecule has 0 spiro atoms. The first-order valence-corrected chi connectivity index (χ1v) is 11.4. The fourth-order valence-electron chi connectivity index (χ4n) is 7.83. The average molecular weight is 365 g/mol. The summed E-state index contributed by atoms with van der Waals surface area (Å²) in [5, 5.41) is 0. The number of rotatable bonds is 2. The van der Waals surface area contributed by atoms with Crippen LogP contribution in [0, 0.1) is 35.0 Å². The zero-order valence-corrected chi connectivity index (χ0v) is 17.4. The van der Waals surface area contributed by atoms with Gasteiger partial charge in [0, 0.05) is 18.4 Å². The molecule has 3 saturated carbocycles. The third kappa shape index (κ3) is 2.82. The highest BCUT2D eigenvalue weighted by atomic mass is 15.1. The molecule has 3 fully saturated rings. The van der Waals surface area contributed by atoms with Gasteiger partial charge >= 0.3 is 0 Å². The van der Waals surface area contributed by atoms with Crippen molar-refractivity contribution in [1.29, 1.82) is 0 Å². The van der Waals surface area contributed by atoms with Crippen LogP contribution in [-0.4, -0.2) is 30.0 Å². The van der Waals surface area contributed by atoms with Crippen LogP contribution in [0.1, 0.15) is 63.9 Å². The minimum absolute atomic E-state index is 0.387. The summed E-state index contributed by atoms with van der Waals surface area (Å²) in [4.78, 5) is 6.90. The van der Waals surface area contributed by atoms with Crippen molar-refractivity contribution in [2.24, 2.45) is 35.0 Å². The van der Waals surface area contributed by atoms with Crippen molar-refractivity contribution in [3.63, 3.8) is 0 Å². The quantitative estimate of drug-likeness (QED) is 0.673. The Hall–Kier alpha value is -1.15. The van der Waals surface area contributed by atoms with Crippen molar-refractivity contribution in [3.05, 3.63) is 36.2 Å². The maximum Gasteiger partial charge on any atom is 0.0343 e. The number of fused-ring (bicyclic) bond motifs is 5. The second-order valence-electron chi connectivity index (χ2n) is 10.4. The van der Waals surface area contributed by atoms with Crippen LogP contribution in [0.5, 0.6) is 0 Å². The molecule has 4 aliphatic carbocycles. The van der Waals surface area contributed by atoms with Crippen molar-refractivity contribution in [2.45, 2.75) is 64.3 Å². The molecule has 4 aliphatic rings. The number of hydrogen-bond acceptors (Lipinski definition) is 2. The summed E-state index contributed by atoms with van der Waals surface area (Å²) < 4.78 is 0. The van der Waals surface area contributed by atoms with Crippen molar-refractivity contribution in [2.75, 3.05) is 14.1 Å². The van der Waals surface area contributed by atoms with Crippen molar-refractivity contribution < 1.29 is 0 Å². The Morgan fingerprint density at radius 1 is 1.04 bits per heavy atom. The molecule has 0 aromatic carbocycles. The molecule has 5 rings (SSSR count). The number of hydrogen-bond donors (Lipinski definition) is 0. The Balaban J connectivity index is 1.36. The minimum Gasteiger partial charge on any atom is -0.306 e. The predicted molar refractivity (Wildman–Crippen MR) is 112 cm³/mol. The maximum absolute atomic E-state index is 4.41. The van der Waals surface area contributed by atoms with E-state index in [1.807, 2.05) is 6.20 Å². The van der Waals surface area contributed by atoms with Crippen LogP contribution in [0.4, 0.5) is 0 Å². The van der Waals surface area contributed by atoms with Gasteiger partial charge in [-0.05, 0) is 118 Å². The van der Waals surface area contributed by atoms with E-state index in [1.165, 1.54) is 56.9 Å². The van der Waals surface area contributed by atoms with Gasteiger partial charge in [-0.2, -0.15) is 0 Å². The van der Waals surface area contributed by atoms with E-state index in [0.29, 0.717) is 5.41 Å². The van der Waals surface area contributed by atoms with E-state index in [4.69, 9.17) is 0 Å². The number of pyridine rings is 1. The molecule has 146 valence electrons. The molecule has 0 amide bonds. The summed E-state index contributed by atoms with van der Waals surface area (Å²) in [6.07, 6.45) is 18.1. The van der Waals surface area contributed by atoms with Crippen LogP contribution in [0.3, 0.4) is 0 Å². The monoisotopic (exact) mass is 364 g/mol. The van der Waals surface area contributed by atoms with Crippen LogP contribution in [0.2, 0.25) is 0 Å². The molecule has 0 aliphatic heterocycles. The van der Waals surface area contributed by atoms with E-state index in [0.717, 1.165) is 35.6 Å². The summed E-state index contributed by atoms with van der Waals surface area (Å²) in [5.41, 5.74) is 3.37. The topological polar surface area (TPSA) is 16.1 Å². The van der Waals surface area contributed by atoms with Gasteiger partial charge in [-0.15, -0.1) is 0 Å². The lowest BCUT2D eigenvalue weighted by atomic mass is 9.49. The number of nitrogens with zero attached hydrogens (tertiary/aromatic N) is 2. The standard InChI is InChI=1S/C25H36N2/c1-25-13-12-21-20-9-7-19(27(2)3)15-17(20)6-8-22(21)24(25)11-10-23(25)18-5-4-14-26-16-18/h4-5,10,14,16-17,19-22,24H,6-9,11-13,15H2,1-3H3. The second-order valence-corrected chi connectivity index (χ2v) is 10.4. The molecule has 2 nitrogen and oxygen atoms in total. The summed E-state index contributed by atoms with van der Waals surface area (Å²) in [5.74, 6) is 4.87. The highest BCUT2D eigenvalue weighted by molar-refractivity contribution is 5.72. The molecular weight excluding hydrogens is 328 g/mol. The van der Waals surface area contributed by atoms with Gasteiger partial charge in [-0.1, -0.05) is 19.1 Å². The summed E-state index contributed by atoms with van der Waals surface area (Å²) in [6, 6.07) is 5.22. The number of allylic oxidation sites excluding steroid dienone is 2. The van der Waals surface area contributed by atoms with Gasteiger partial charge in [-0.25, -0.2) is 0 Å². The highest BCUT2D eigenvalue weighted by Crippen LogP contribution is 2.64. The van der Waals surface area contributed by atoms with Gasteiger partial charge in [0.25, 0.3) is 0 Å². The second kappa shape index (κ2) is 6.72. The third-order valence-electron chi connectivity index (χ3n) is 9.21. The van der Waals surface area contributed by atoms with E-state index in [1.54, 1.807) is 5.57 Å². The molecule has 1 heterocycles. The molecule has 0 bridgehead atoms. The summed E-state index contributed by atoms with van der Waals surface area (Å²) in [7, 11) is 4.57. The van der Waals surface area contributed by atoms with Crippen molar-refractivity contribution in [1.82, 2.24) is 9.88 Å². The Morgan fingerprint density at radius 3 is 2.67 bits per heavy atom. The van der Waals surface area contributed by atoms with E-state index < -0.39 is 0 Å². The Bertz CT molecular complexity index is 708. The van der Waals surface area contributed by atoms with Gasteiger partial charge in [-0.3, -0.25) is 4.98 Å². The predicted octanol–water partition coefficient (Wildman–Crippen LogP) is 5.66. The summed E-state index contributed by atoms with van der Waals surface area (Å²) in [6.45, 7) is 2.58. The van der Waals surface area contributed by atoms with Gasteiger partial charge < -0.3 is 4.90 Å². The molecular formula is C25H36N2. The van der Waals surface area contributed by atoms with Gasteiger partial charge in [0.2, 0.25) is 0 Å². The smallest absolute Gasteiger partial charge is 0.0343 e. The highest BCUT2D eigenvalue weighted by Gasteiger charge is 2.54. The first kappa shape index (κ1) is 17.9. The molecule has 0 radical (unpaired) electrons. The molecule has 0 saturated heterocycles. The Kier molecular flexibility index (Phi) is 4.46. The Morgan fingerprint density at radius 2 is 1.89 bits per heavy atom. The van der Waals surface area contributed by atoms with Crippen LogP contribution >= 0.6 is 0 Å². The molecule has 1 aromatic heterocycles. The summed E-state index contributed by atoms with van der Waals surface area (Å²) >= 11 is 0. The van der Waals surface area contributed by atoms with E-state index in [2.05, 4.69) is 55.3 Å². The van der Waals surface area contributed by atoms with Gasteiger partial charge in [0.15, 0.2) is 0 Å². The molecule has 27 heavy (non-hydrogen) atoms. The average Bonchev–Trinajstić information content (AvgIpc) is 3.05. The van der Waals surface area contributed by atoms with Crippen LogP contribution in [0.25, 0.3) is 5.57 Å². The normalized spacial score (nSPS) is 43.6. The van der Waals surface area contributed by atoms with Gasteiger partial charge in [0.1, 0.15) is 0 Å². The van der Waals surface area contributed by atoms with Crippen molar-refractivity contribution >= 4 is 5.57 Å². The first-order valence-electron chi connectivity index (χ1n) is 11.4. The first-order chi connectivity index (χ1) is 13.1. The molecule has 1 aromatic rings. The third-order valence-corrected chi connectivity index (χ3v) is 9.21. The zero-order valence-electron chi connectivity index (χ0n) is 17.4. The largest absolute Gasteiger partial charge is 0.306 e. The molecule has 7 atom stereocenters. The maximum atomic E-state index is 4.41. The lowest BCUT2D eigenvalue weighted by molar-refractivity contribution is -0.0482. The zero-order chi connectivity index (χ0) is 18.6. The minimum atomic E-state index is 0.387.